The van der Waals surface area contributed by atoms with E-state index in [-0.39, 0.29) is 0 Å². The van der Waals surface area contributed by atoms with Gasteiger partial charge in [0, 0.05) is 4.91 Å². The number of aliphatic hydroxyl groups is 5. The molecule has 14 heavy (non-hydrogen) atoms. The average molecular weight is 207 g/mol. The molecule has 0 fully saturated rings. The minimum atomic E-state index is -1.69. The molecule has 4 unspecified atom stereocenters. The number of hydrogen-bond acceptors (Lipinski definition) is 6. The van der Waals surface area contributed by atoms with Gasteiger partial charge in [-0.15, -0.1) is 0 Å². The van der Waals surface area contributed by atoms with Gasteiger partial charge in [-0.05, 0) is 5.53 Å². The molecule has 0 aromatic carbocycles. The molecule has 0 heterocycles. The minimum absolute atomic E-state index is 0.424. The van der Waals surface area contributed by atoms with Crippen molar-refractivity contribution in [1.82, 2.24) is 0 Å². The fourth-order valence-corrected chi connectivity index (χ4v) is 0.791. The largest absolute Gasteiger partial charge is 0.394 e. The van der Waals surface area contributed by atoms with Crippen LogP contribution in [-0.4, -0.2) is 63.1 Å². The predicted octanol–water partition coefficient (Wildman–Crippen LogP) is -2.27. The summed E-state index contributed by atoms with van der Waals surface area (Å²) in [5.41, 5.74) is 7.90. The molecule has 0 aliphatic heterocycles. The van der Waals surface area contributed by atoms with E-state index < -0.39 is 37.6 Å². The standard InChI is InChI=1S/C6H13N3O5/c7-9-8-1-3(11)5(13)6(14)4(12)2-10/h3-6,10-14H,1-2H2. The van der Waals surface area contributed by atoms with Crippen LogP contribution in [-0.2, 0) is 0 Å². The second-order valence-electron chi connectivity index (χ2n) is 2.71. The Morgan fingerprint density at radius 1 is 1.07 bits per heavy atom. The van der Waals surface area contributed by atoms with Crippen molar-refractivity contribution in [2.24, 2.45) is 5.11 Å². The molecule has 0 aliphatic carbocycles. The van der Waals surface area contributed by atoms with Crippen molar-refractivity contribution in [1.29, 1.82) is 0 Å². The van der Waals surface area contributed by atoms with Crippen LogP contribution in [0.2, 0.25) is 0 Å². The van der Waals surface area contributed by atoms with Gasteiger partial charge in [0.15, 0.2) is 0 Å². The smallest absolute Gasteiger partial charge is 0.110 e. The predicted molar refractivity (Wildman–Crippen MR) is 45.1 cm³/mol. The molecule has 82 valence electrons. The van der Waals surface area contributed by atoms with Gasteiger partial charge in [0.25, 0.3) is 0 Å². The zero-order chi connectivity index (χ0) is 11.1. The van der Waals surface area contributed by atoms with Gasteiger partial charge in [-0.2, -0.15) is 0 Å². The zero-order valence-corrected chi connectivity index (χ0v) is 7.30. The third kappa shape index (κ3) is 3.88. The molecule has 0 aromatic rings. The van der Waals surface area contributed by atoms with Crippen LogP contribution in [0.25, 0.3) is 10.4 Å². The summed E-state index contributed by atoms with van der Waals surface area (Å²) in [5, 5.41) is 47.7. The van der Waals surface area contributed by atoms with E-state index in [0.717, 1.165) is 0 Å². The number of azide groups is 1. The maximum atomic E-state index is 9.16. The summed E-state index contributed by atoms with van der Waals surface area (Å²) in [6.45, 7) is -1.17. The summed E-state index contributed by atoms with van der Waals surface area (Å²) < 4.78 is 0. The first kappa shape index (κ1) is 13.1. The van der Waals surface area contributed by atoms with E-state index in [1.165, 1.54) is 0 Å². The maximum absolute atomic E-state index is 9.16. The normalized spacial score (nSPS) is 19.2. The van der Waals surface area contributed by atoms with E-state index in [1.54, 1.807) is 0 Å². The molecule has 0 bridgehead atoms. The highest BCUT2D eigenvalue weighted by atomic mass is 16.4. The Hall–Kier alpha value is -0.890. The van der Waals surface area contributed by atoms with Crippen molar-refractivity contribution in [2.75, 3.05) is 13.2 Å². The number of nitrogens with zero attached hydrogens (tertiary/aromatic N) is 3. The number of hydrogen-bond donors (Lipinski definition) is 5. The van der Waals surface area contributed by atoms with Gasteiger partial charge in [0.05, 0.1) is 19.3 Å². The Labute approximate surface area is 79.7 Å². The molecule has 0 radical (unpaired) electrons. The average Bonchev–Trinajstić information content (AvgIpc) is 2.22. The topological polar surface area (TPSA) is 150 Å². The van der Waals surface area contributed by atoms with Crippen molar-refractivity contribution in [3.63, 3.8) is 0 Å². The van der Waals surface area contributed by atoms with Gasteiger partial charge < -0.3 is 25.5 Å². The van der Waals surface area contributed by atoms with Crippen molar-refractivity contribution < 1.29 is 25.5 Å². The molecule has 0 aliphatic rings. The van der Waals surface area contributed by atoms with Gasteiger partial charge >= 0.3 is 0 Å². The highest BCUT2D eigenvalue weighted by Gasteiger charge is 2.29. The number of aliphatic hydroxyl groups excluding tert-OH is 5. The molecule has 0 spiro atoms. The van der Waals surface area contributed by atoms with E-state index in [4.69, 9.17) is 31.1 Å². The lowest BCUT2D eigenvalue weighted by Crippen LogP contribution is -2.46. The summed E-state index contributed by atoms with van der Waals surface area (Å²) in [7, 11) is 0. The van der Waals surface area contributed by atoms with Gasteiger partial charge in [-0.1, -0.05) is 5.11 Å². The Morgan fingerprint density at radius 2 is 1.57 bits per heavy atom. The number of rotatable bonds is 6. The maximum Gasteiger partial charge on any atom is 0.110 e. The first-order valence-electron chi connectivity index (χ1n) is 3.88. The summed E-state index contributed by atoms with van der Waals surface area (Å²) in [4.78, 5) is 2.34. The monoisotopic (exact) mass is 207 g/mol. The second kappa shape index (κ2) is 6.55. The van der Waals surface area contributed by atoms with E-state index in [9.17, 15) is 0 Å². The van der Waals surface area contributed by atoms with Crippen LogP contribution in [0, 0.1) is 0 Å². The lowest BCUT2D eigenvalue weighted by Gasteiger charge is -2.24. The minimum Gasteiger partial charge on any atom is -0.394 e. The first-order valence-corrected chi connectivity index (χ1v) is 3.88. The second-order valence-corrected chi connectivity index (χ2v) is 2.71. The molecule has 0 aromatic heterocycles. The van der Waals surface area contributed by atoms with E-state index in [1.807, 2.05) is 0 Å². The van der Waals surface area contributed by atoms with E-state index >= 15 is 0 Å². The Balaban J connectivity index is 4.15. The van der Waals surface area contributed by atoms with Crippen LogP contribution in [0.15, 0.2) is 5.11 Å². The molecule has 0 amide bonds. The molecule has 8 nitrogen and oxygen atoms in total. The summed E-state index contributed by atoms with van der Waals surface area (Å²) >= 11 is 0. The lowest BCUT2D eigenvalue weighted by atomic mass is 10.0. The van der Waals surface area contributed by atoms with Gasteiger partial charge in [0.1, 0.15) is 18.3 Å². The van der Waals surface area contributed by atoms with Crippen molar-refractivity contribution >= 4 is 0 Å². The Bertz CT molecular complexity index is 208. The highest BCUT2D eigenvalue weighted by molar-refractivity contribution is 4.81. The quantitative estimate of drug-likeness (QED) is 0.189. The molecule has 0 rings (SSSR count). The third-order valence-electron chi connectivity index (χ3n) is 1.66. The molecule has 0 saturated heterocycles. The third-order valence-corrected chi connectivity index (χ3v) is 1.66. The highest BCUT2D eigenvalue weighted by Crippen LogP contribution is 2.05. The van der Waals surface area contributed by atoms with Gasteiger partial charge in [0.2, 0.25) is 0 Å². The van der Waals surface area contributed by atoms with Crippen LogP contribution in [0.4, 0.5) is 0 Å². The summed E-state index contributed by atoms with van der Waals surface area (Å²) in [6.07, 6.45) is -6.40. The Kier molecular flexibility index (Phi) is 6.13. The molecule has 8 heteroatoms. The van der Waals surface area contributed by atoms with E-state index in [0.29, 0.717) is 0 Å². The SMILES string of the molecule is [N-]=[N+]=NCC(O)C(O)C(O)C(O)CO. The van der Waals surface area contributed by atoms with Crippen molar-refractivity contribution in [3.05, 3.63) is 10.4 Å². The fourth-order valence-electron chi connectivity index (χ4n) is 0.791. The Morgan fingerprint density at radius 3 is 2.00 bits per heavy atom. The lowest BCUT2D eigenvalue weighted by molar-refractivity contribution is -0.112. The molecule has 0 saturated carbocycles. The molecule has 4 atom stereocenters. The van der Waals surface area contributed by atoms with Gasteiger partial charge in [-0.3, -0.25) is 0 Å². The first-order chi connectivity index (χ1) is 6.54. The van der Waals surface area contributed by atoms with Crippen LogP contribution >= 0.6 is 0 Å². The van der Waals surface area contributed by atoms with Crippen molar-refractivity contribution in [3.8, 4) is 0 Å². The van der Waals surface area contributed by atoms with E-state index in [2.05, 4.69) is 10.0 Å². The van der Waals surface area contributed by atoms with Crippen LogP contribution in [0.1, 0.15) is 0 Å². The molecular formula is C6H13N3O5. The fraction of sp³-hybridized carbons (Fsp3) is 1.00. The van der Waals surface area contributed by atoms with Crippen molar-refractivity contribution in [2.45, 2.75) is 24.4 Å². The summed E-state index contributed by atoms with van der Waals surface area (Å²) in [6, 6.07) is 0. The molecule has 5 N–H and O–H groups in total. The summed E-state index contributed by atoms with van der Waals surface area (Å²) in [5.74, 6) is 0. The zero-order valence-electron chi connectivity index (χ0n) is 7.30. The molecular weight excluding hydrogens is 194 g/mol. The van der Waals surface area contributed by atoms with Crippen LogP contribution < -0.4 is 0 Å². The van der Waals surface area contributed by atoms with Crippen LogP contribution in [0.3, 0.4) is 0 Å². The van der Waals surface area contributed by atoms with Crippen LogP contribution in [0.5, 0.6) is 0 Å². The van der Waals surface area contributed by atoms with Gasteiger partial charge in [-0.25, -0.2) is 0 Å².